The smallest absolute Gasteiger partial charge is 0.124 e. The summed E-state index contributed by atoms with van der Waals surface area (Å²) in [4.78, 5) is 4.69. The number of thiazole rings is 1. The second kappa shape index (κ2) is 5.77. The van der Waals surface area contributed by atoms with Gasteiger partial charge in [0.25, 0.3) is 0 Å². The summed E-state index contributed by atoms with van der Waals surface area (Å²) >= 11 is 3.42. The number of aromatic nitrogens is 1. The lowest BCUT2D eigenvalue weighted by Gasteiger charge is -2.11. The molecule has 4 heteroatoms. The van der Waals surface area contributed by atoms with Crippen molar-refractivity contribution in [3.8, 4) is 10.6 Å². The maximum Gasteiger partial charge on any atom is 0.124 e. The summed E-state index contributed by atoms with van der Waals surface area (Å²) < 4.78 is 0. The van der Waals surface area contributed by atoms with Gasteiger partial charge >= 0.3 is 0 Å². The van der Waals surface area contributed by atoms with Crippen LogP contribution in [0.1, 0.15) is 16.8 Å². The van der Waals surface area contributed by atoms with E-state index >= 15 is 0 Å². The molecule has 0 radical (unpaired) electrons. The quantitative estimate of drug-likeness (QED) is 0.725. The second-order valence-corrected chi connectivity index (χ2v) is 6.41. The summed E-state index contributed by atoms with van der Waals surface area (Å²) in [5.74, 6) is 0. The molecule has 0 unspecified atom stereocenters. The molecular weight excluding hydrogens is 284 g/mol. The van der Waals surface area contributed by atoms with Crippen LogP contribution in [0.25, 0.3) is 10.6 Å². The lowest BCUT2D eigenvalue weighted by atomic mass is 10.1. The Labute approximate surface area is 127 Å². The normalized spacial score (nSPS) is 10.7. The Morgan fingerprint density at radius 1 is 1.10 bits per heavy atom. The molecule has 2 heterocycles. The van der Waals surface area contributed by atoms with Crippen LogP contribution in [0.4, 0.5) is 5.69 Å². The molecular formula is C16H16N2S2. The van der Waals surface area contributed by atoms with Crippen LogP contribution in [0.5, 0.6) is 0 Å². The molecule has 2 nitrogen and oxygen atoms in total. The molecule has 0 atom stereocenters. The highest BCUT2D eigenvalue weighted by molar-refractivity contribution is 7.14. The van der Waals surface area contributed by atoms with Crippen LogP contribution in [0.3, 0.4) is 0 Å². The van der Waals surface area contributed by atoms with Gasteiger partial charge in [0.1, 0.15) is 5.01 Å². The molecule has 2 aromatic heterocycles. The number of rotatable bonds is 4. The molecule has 20 heavy (non-hydrogen) atoms. The van der Waals surface area contributed by atoms with Gasteiger partial charge < -0.3 is 5.32 Å². The number of hydrogen-bond acceptors (Lipinski definition) is 4. The van der Waals surface area contributed by atoms with E-state index in [0.29, 0.717) is 0 Å². The fourth-order valence-corrected chi connectivity index (χ4v) is 3.71. The third-order valence-electron chi connectivity index (χ3n) is 3.25. The van der Waals surface area contributed by atoms with E-state index in [-0.39, 0.29) is 0 Å². The molecule has 3 aromatic rings. The predicted molar refractivity (Wildman–Crippen MR) is 88.7 cm³/mol. The molecule has 0 saturated heterocycles. The zero-order valence-corrected chi connectivity index (χ0v) is 13.1. The number of aryl methyl sites for hydroxylation is 2. The summed E-state index contributed by atoms with van der Waals surface area (Å²) in [6.07, 6.45) is 0. The highest BCUT2D eigenvalue weighted by Crippen LogP contribution is 2.26. The van der Waals surface area contributed by atoms with Gasteiger partial charge in [0.2, 0.25) is 0 Å². The number of para-hydroxylation sites is 1. The van der Waals surface area contributed by atoms with Crippen molar-refractivity contribution >= 4 is 28.4 Å². The molecule has 0 bridgehead atoms. The van der Waals surface area contributed by atoms with E-state index in [1.54, 1.807) is 22.7 Å². The Kier molecular flexibility index (Phi) is 3.85. The van der Waals surface area contributed by atoms with Crippen molar-refractivity contribution in [3.63, 3.8) is 0 Å². The standard InChI is InChI=1S/C16H16N2S2/c1-11-4-3-5-12(2)15(11)17-8-14-10-20-16(18-14)13-6-7-19-9-13/h3-7,9-10,17H,8H2,1-2H3. The Morgan fingerprint density at radius 2 is 1.90 bits per heavy atom. The van der Waals surface area contributed by atoms with E-state index in [1.165, 1.54) is 22.4 Å². The topological polar surface area (TPSA) is 24.9 Å². The lowest BCUT2D eigenvalue weighted by molar-refractivity contribution is 1.07. The third kappa shape index (κ3) is 2.76. The van der Waals surface area contributed by atoms with Crippen molar-refractivity contribution in [2.24, 2.45) is 0 Å². The second-order valence-electron chi connectivity index (χ2n) is 4.78. The fraction of sp³-hybridized carbons (Fsp3) is 0.188. The molecule has 0 amide bonds. The summed E-state index contributed by atoms with van der Waals surface area (Å²) in [7, 11) is 0. The fourth-order valence-electron chi connectivity index (χ4n) is 2.18. The molecule has 0 aliphatic carbocycles. The lowest BCUT2D eigenvalue weighted by Crippen LogP contribution is -2.03. The van der Waals surface area contributed by atoms with Crippen LogP contribution in [0.15, 0.2) is 40.4 Å². The molecule has 1 aromatic carbocycles. The van der Waals surface area contributed by atoms with E-state index in [0.717, 1.165) is 17.2 Å². The first-order valence-corrected chi connectivity index (χ1v) is 8.33. The Balaban J connectivity index is 1.73. The van der Waals surface area contributed by atoms with Gasteiger partial charge in [0.05, 0.1) is 12.2 Å². The Hall–Kier alpha value is -1.65. The molecule has 3 rings (SSSR count). The van der Waals surface area contributed by atoms with Gasteiger partial charge in [-0.3, -0.25) is 0 Å². The molecule has 0 fully saturated rings. The van der Waals surface area contributed by atoms with Gasteiger partial charge in [-0.05, 0) is 36.4 Å². The minimum Gasteiger partial charge on any atom is -0.379 e. The zero-order valence-electron chi connectivity index (χ0n) is 11.5. The average Bonchev–Trinajstić information content (AvgIpc) is 3.09. The van der Waals surface area contributed by atoms with Crippen molar-refractivity contribution in [2.75, 3.05) is 5.32 Å². The van der Waals surface area contributed by atoms with Crippen molar-refractivity contribution in [1.29, 1.82) is 0 Å². The SMILES string of the molecule is Cc1cccc(C)c1NCc1csc(-c2ccsc2)n1. The molecule has 0 aliphatic heterocycles. The first-order chi connectivity index (χ1) is 9.74. The number of nitrogens with zero attached hydrogens (tertiary/aromatic N) is 1. The number of nitrogens with one attached hydrogen (secondary N) is 1. The first-order valence-electron chi connectivity index (χ1n) is 6.51. The van der Waals surface area contributed by atoms with Crippen LogP contribution in [-0.2, 0) is 6.54 Å². The minimum atomic E-state index is 0.770. The summed E-state index contributed by atoms with van der Waals surface area (Å²) in [6, 6.07) is 8.47. The minimum absolute atomic E-state index is 0.770. The largest absolute Gasteiger partial charge is 0.379 e. The predicted octanol–water partition coefficient (Wildman–Crippen LogP) is 5.10. The van der Waals surface area contributed by atoms with Crippen LogP contribution >= 0.6 is 22.7 Å². The van der Waals surface area contributed by atoms with Gasteiger partial charge in [-0.15, -0.1) is 11.3 Å². The molecule has 0 spiro atoms. The van der Waals surface area contributed by atoms with E-state index in [2.05, 4.69) is 64.6 Å². The van der Waals surface area contributed by atoms with E-state index in [1.807, 2.05) is 0 Å². The van der Waals surface area contributed by atoms with Crippen LogP contribution < -0.4 is 5.32 Å². The van der Waals surface area contributed by atoms with Crippen molar-refractivity contribution in [2.45, 2.75) is 20.4 Å². The van der Waals surface area contributed by atoms with Gasteiger partial charge in [0.15, 0.2) is 0 Å². The van der Waals surface area contributed by atoms with Crippen LogP contribution in [-0.4, -0.2) is 4.98 Å². The first kappa shape index (κ1) is 13.3. The van der Waals surface area contributed by atoms with Gasteiger partial charge in [-0.25, -0.2) is 4.98 Å². The van der Waals surface area contributed by atoms with Crippen LogP contribution in [0, 0.1) is 13.8 Å². The summed E-state index contributed by atoms with van der Waals surface area (Å²) in [6.45, 7) is 5.03. The average molecular weight is 300 g/mol. The summed E-state index contributed by atoms with van der Waals surface area (Å²) in [5, 5.41) is 11.0. The molecule has 0 saturated carbocycles. The van der Waals surface area contributed by atoms with Crippen molar-refractivity contribution in [1.82, 2.24) is 4.98 Å². The highest BCUT2D eigenvalue weighted by Gasteiger charge is 2.06. The zero-order chi connectivity index (χ0) is 13.9. The molecule has 0 aliphatic rings. The number of hydrogen-bond donors (Lipinski definition) is 1. The Bertz CT molecular complexity index is 679. The number of benzene rings is 1. The van der Waals surface area contributed by atoms with E-state index in [4.69, 9.17) is 0 Å². The van der Waals surface area contributed by atoms with Gasteiger partial charge in [-0.1, -0.05) is 18.2 Å². The number of thiophene rings is 1. The van der Waals surface area contributed by atoms with Crippen LogP contribution in [0.2, 0.25) is 0 Å². The number of anilines is 1. The van der Waals surface area contributed by atoms with E-state index in [9.17, 15) is 0 Å². The van der Waals surface area contributed by atoms with Crippen molar-refractivity contribution < 1.29 is 0 Å². The van der Waals surface area contributed by atoms with Crippen molar-refractivity contribution in [3.05, 3.63) is 57.2 Å². The molecule has 1 N–H and O–H groups in total. The van der Waals surface area contributed by atoms with E-state index < -0.39 is 0 Å². The van der Waals surface area contributed by atoms with Gasteiger partial charge in [-0.2, -0.15) is 11.3 Å². The maximum atomic E-state index is 4.69. The molecule has 102 valence electrons. The Morgan fingerprint density at radius 3 is 2.60 bits per heavy atom. The monoisotopic (exact) mass is 300 g/mol. The van der Waals surface area contributed by atoms with Gasteiger partial charge in [0, 0.05) is 22.0 Å². The maximum absolute atomic E-state index is 4.69. The summed E-state index contributed by atoms with van der Waals surface area (Å²) in [5.41, 5.74) is 6.09. The third-order valence-corrected chi connectivity index (χ3v) is 4.87. The highest BCUT2D eigenvalue weighted by atomic mass is 32.1.